The van der Waals surface area contributed by atoms with Gasteiger partial charge < -0.3 is 4.52 Å². The fourth-order valence-electron chi connectivity index (χ4n) is 0.0475. The van der Waals surface area contributed by atoms with E-state index in [1.54, 1.807) is 0 Å². The van der Waals surface area contributed by atoms with Crippen molar-refractivity contribution in [2.24, 2.45) is 0 Å². The molecule has 0 aliphatic carbocycles. The van der Waals surface area contributed by atoms with Crippen LogP contribution in [0.2, 0.25) is 0 Å². The standard InChI is InChI=1S/CCl2NO2P/c2-7(3,5)6-1-4. The summed E-state index contributed by atoms with van der Waals surface area (Å²) in [6, 6.07) is 0. The van der Waals surface area contributed by atoms with E-state index >= 15 is 0 Å². The summed E-state index contributed by atoms with van der Waals surface area (Å²) >= 11 is 9.42. The molecule has 0 aliphatic heterocycles. The van der Waals surface area contributed by atoms with Crippen molar-refractivity contribution in [3.05, 3.63) is 0 Å². The largest absolute Gasteiger partial charge is 0.437 e. The first-order valence-electron chi connectivity index (χ1n) is 1.13. The van der Waals surface area contributed by atoms with Crippen molar-refractivity contribution < 1.29 is 9.09 Å². The molecule has 0 saturated heterocycles. The third kappa shape index (κ3) is 6.10. The Bertz CT molecular complexity index is 133. The van der Waals surface area contributed by atoms with Gasteiger partial charge in [0.25, 0.3) is 6.26 Å². The van der Waals surface area contributed by atoms with Crippen LogP contribution in [0.1, 0.15) is 0 Å². The van der Waals surface area contributed by atoms with E-state index in [0.717, 1.165) is 6.26 Å². The molecule has 0 saturated carbocycles. The van der Waals surface area contributed by atoms with Gasteiger partial charge >= 0.3 is 6.07 Å². The monoisotopic (exact) mass is 159 g/mol. The molecular weight excluding hydrogens is 160 g/mol. The van der Waals surface area contributed by atoms with Crippen molar-refractivity contribution in [3.63, 3.8) is 0 Å². The molecule has 0 aromatic heterocycles. The second-order valence-electron chi connectivity index (χ2n) is 0.597. The fraction of sp³-hybridized carbons (Fsp3) is 0. The van der Waals surface area contributed by atoms with Crippen molar-refractivity contribution in [1.29, 1.82) is 5.26 Å². The van der Waals surface area contributed by atoms with Crippen molar-refractivity contribution in [2.75, 3.05) is 0 Å². The highest BCUT2D eigenvalue weighted by molar-refractivity contribution is 8.05. The lowest BCUT2D eigenvalue weighted by molar-refractivity contribution is 0.487. The zero-order valence-electron chi connectivity index (χ0n) is 2.97. The summed E-state index contributed by atoms with van der Waals surface area (Å²) in [5.41, 5.74) is 0. The number of halogens is 2. The average molecular weight is 160 g/mol. The van der Waals surface area contributed by atoms with E-state index in [0.29, 0.717) is 0 Å². The molecule has 0 bridgehead atoms. The summed E-state index contributed by atoms with van der Waals surface area (Å²) in [5.74, 6) is 0. The van der Waals surface area contributed by atoms with Crippen LogP contribution in [0.3, 0.4) is 0 Å². The van der Waals surface area contributed by atoms with Gasteiger partial charge in [-0.3, -0.25) is 0 Å². The highest BCUT2D eigenvalue weighted by atomic mass is 35.9. The third-order valence-corrected chi connectivity index (χ3v) is 0.855. The van der Waals surface area contributed by atoms with E-state index < -0.39 is 6.07 Å². The second kappa shape index (κ2) is 2.42. The molecule has 0 radical (unpaired) electrons. The van der Waals surface area contributed by atoms with E-state index in [9.17, 15) is 4.57 Å². The Morgan fingerprint density at radius 2 is 2.14 bits per heavy atom. The number of nitrogens with zero attached hydrogens (tertiary/aromatic N) is 1. The highest BCUT2D eigenvalue weighted by Gasteiger charge is 2.13. The molecule has 0 N–H and O–H groups in total. The first kappa shape index (κ1) is 7.10. The third-order valence-electron chi connectivity index (χ3n) is 0.147. The van der Waals surface area contributed by atoms with Crippen LogP contribution in [-0.2, 0) is 9.09 Å². The summed E-state index contributed by atoms with van der Waals surface area (Å²) in [5, 5.41) is 7.59. The molecule has 7 heavy (non-hydrogen) atoms. The summed E-state index contributed by atoms with van der Waals surface area (Å²) < 4.78 is 13.5. The van der Waals surface area contributed by atoms with Gasteiger partial charge in [-0.25, -0.2) is 4.57 Å². The molecule has 40 valence electrons. The number of hydrogen-bond donors (Lipinski definition) is 0. The molecule has 0 rings (SSSR count). The lowest BCUT2D eigenvalue weighted by Gasteiger charge is -1.89. The Labute approximate surface area is 49.8 Å². The lowest BCUT2D eigenvalue weighted by Crippen LogP contribution is -1.59. The average Bonchev–Trinajstić information content (AvgIpc) is 1.30. The SMILES string of the molecule is N#COP(=O)(Cl)Cl. The zero-order chi connectivity index (χ0) is 5.91. The minimum Gasteiger partial charge on any atom is -0.347 e. The minimum absolute atomic E-state index is 1.08. The lowest BCUT2D eigenvalue weighted by atomic mass is 11.6. The molecule has 3 nitrogen and oxygen atoms in total. The first-order valence-corrected chi connectivity index (χ1v) is 4.57. The minimum atomic E-state index is -3.58. The second-order valence-corrected chi connectivity index (χ2v) is 4.80. The molecule has 0 amide bonds. The van der Waals surface area contributed by atoms with Crippen LogP contribution < -0.4 is 0 Å². The highest BCUT2D eigenvalue weighted by Crippen LogP contribution is 2.57. The summed E-state index contributed by atoms with van der Waals surface area (Å²) in [6.07, 6.45) is -2.50. The Hall–Kier alpha value is 0.100. The Morgan fingerprint density at radius 1 is 1.71 bits per heavy atom. The Kier molecular flexibility index (Phi) is 2.45. The molecule has 0 heterocycles. The van der Waals surface area contributed by atoms with Crippen LogP contribution in [0.25, 0.3) is 0 Å². The van der Waals surface area contributed by atoms with Gasteiger partial charge in [0.2, 0.25) is 0 Å². The van der Waals surface area contributed by atoms with Crippen LogP contribution in [0.5, 0.6) is 0 Å². The maximum Gasteiger partial charge on any atom is 0.437 e. The van der Waals surface area contributed by atoms with Crippen molar-refractivity contribution in [3.8, 4) is 6.26 Å². The van der Waals surface area contributed by atoms with Gasteiger partial charge in [-0.15, -0.1) is 5.26 Å². The van der Waals surface area contributed by atoms with E-state index in [1.807, 2.05) is 0 Å². The molecule has 0 fully saturated rings. The van der Waals surface area contributed by atoms with Gasteiger partial charge in [0.15, 0.2) is 0 Å². The topological polar surface area (TPSA) is 50.1 Å². The normalized spacial score (nSPS) is 9.86. The quantitative estimate of drug-likeness (QED) is 0.435. The van der Waals surface area contributed by atoms with Crippen LogP contribution in [-0.4, -0.2) is 0 Å². The van der Waals surface area contributed by atoms with E-state index in [2.05, 4.69) is 4.52 Å². The van der Waals surface area contributed by atoms with Gasteiger partial charge in [0.05, 0.1) is 0 Å². The van der Waals surface area contributed by atoms with Crippen molar-refractivity contribution in [2.45, 2.75) is 0 Å². The molecule has 0 unspecified atom stereocenters. The zero-order valence-corrected chi connectivity index (χ0v) is 5.37. The number of hydrogen-bond acceptors (Lipinski definition) is 3. The molecule has 0 aliphatic rings. The van der Waals surface area contributed by atoms with E-state index in [-0.39, 0.29) is 0 Å². The van der Waals surface area contributed by atoms with Gasteiger partial charge in [0.1, 0.15) is 0 Å². The summed E-state index contributed by atoms with van der Waals surface area (Å²) in [4.78, 5) is 0. The first-order chi connectivity index (χ1) is 3.06. The molecular formula is CCl2NO2P. The van der Waals surface area contributed by atoms with Crippen molar-refractivity contribution >= 4 is 28.6 Å². The van der Waals surface area contributed by atoms with Gasteiger partial charge in [-0.2, -0.15) is 0 Å². The predicted octanol–water partition coefficient (Wildman–Crippen LogP) is 2.07. The predicted molar refractivity (Wildman–Crippen MR) is 26.0 cm³/mol. The summed E-state index contributed by atoms with van der Waals surface area (Å²) in [7, 11) is 0. The summed E-state index contributed by atoms with van der Waals surface area (Å²) in [6.45, 7) is 0. The fourth-order valence-corrected chi connectivity index (χ4v) is 0.328. The Morgan fingerprint density at radius 3 is 2.14 bits per heavy atom. The van der Waals surface area contributed by atoms with Crippen LogP contribution in [0.15, 0.2) is 0 Å². The molecule has 0 aromatic carbocycles. The van der Waals surface area contributed by atoms with Gasteiger partial charge in [0, 0.05) is 22.5 Å². The van der Waals surface area contributed by atoms with Gasteiger partial charge in [-0.05, 0) is 0 Å². The molecule has 0 aromatic rings. The van der Waals surface area contributed by atoms with Gasteiger partial charge in [-0.1, -0.05) is 0 Å². The van der Waals surface area contributed by atoms with E-state index in [4.69, 9.17) is 27.7 Å². The number of nitriles is 1. The molecule has 0 atom stereocenters. The van der Waals surface area contributed by atoms with Crippen molar-refractivity contribution in [1.82, 2.24) is 0 Å². The van der Waals surface area contributed by atoms with Crippen LogP contribution >= 0.6 is 28.6 Å². The molecule has 6 heteroatoms. The smallest absolute Gasteiger partial charge is 0.347 e. The van der Waals surface area contributed by atoms with Crippen LogP contribution in [0.4, 0.5) is 0 Å². The number of rotatable bonds is 1. The Balaban J connectivity index is 3.65. The van der Waals surface area contributed by atoms with E-state index in [1.165, 1.54) is 0 Å². The maximum atomic E-state index is 9.90. The maximum absolute atomic E-state index is 9.90. The molecule has 0 spiro atoms. The van der Waals surface area contributed by atoms with Crippen LogP contribution in [0, 0.1) is 11.5 Å².